The minimum Gasteiger partial charge on any atom is -0.369 e. The predicted molar refractivity (Wildman–Crippen MR) is 123 cm³/mol. The van der Waals surface area contributed by atoms with E-state index in [1.54, 1.807) is 0 Å². The van der Waals surface area contributed by atoms with Crippen LogP contribution in [-0.2, 0) is 9.47 Å². The highest BCUT2D eigenvalue weighted by atomic mass is 16.6. The Bertz CT molecular complexity index is 475. The molecule has 0 spiro atoms. The third-order valence-electron chi connectivity index (χ3n) is 9.97. The summed E-state index contributed by atoms with van der Waals surface area (Å²) in [5.41, 5.74) is 0. The molecule has 2 heterocycles. The van der Waals surface area contributed by atoms with Crippen molar-refractivity contribution in [2.45, 2.75) is 141 Å². The Morgan fingerprint density at radius 1 is 0.433 bits per heavy atom. The third-order valence-corrected chi connectivity index (χ3v) is 9.97. The van der Waals surface area contributed by atoms with Crippen LogP contribution in [0.2, 0.25) is 0 Å². The molecule has 0 radical (unpaired) electrons. The maximum Gasteiger partial charge on any atom is 0.0872 e. The highest BCUT2D eigenvalue weighted by molar-refractivity contribution is 5.01. The van der Waals surface area contributed by atoms with Crippen LogP contribution in [0.4, 0.5) is 0 Å². The van der Waals surface area contributed by atoms with Gasteiger partial charge in [0.1, 0.15) is 0 Å². The van der Waals surface area contributed by atoms with Gasteiger partial charge in [-0.15, -0.1) is 0 Å². The highest BCUT2D eigenvalue weighted by Crippen LogP contribution is 2.51. The molecule has 0 aromatic rings. The lowest BCUT2D eigenvalue weighted by Crippen LogP contribution is -2.27. The van der Waals surface area contributed by atoms with Gasteiger partial charge in [-0.05, 0) is 86.9 Å². The van der Waals surface area contributed by atoms with Crippen LogP contribution in [0.1, 0.15) is 117 Å². The minimum atomic E-state index is 0.628. The van der Waals surface area contributed by atoms with Crippen LogP contribution in [0.5, 0.6) is 0 Å². The largest absolute Gasteiger partial charge is 0.369 e. The van der Waals surface area contributed by atoms with Crippen LogP contribution >= 0.6 is 0 Å². The first-order valence-electron chi connectivity index (χ1n) is 14.1. The van der Waals surface area contributed by atoms with Crippen molar-refractivity contribution in [3.8, 4) is 0 Å². The molecule has 172 valence electrons. The van der Waals surface area contributed by atoms with Crippen molar-refractivity contribution in [3.05, 3.63) is 0 Å². The van der Waals surface area contributed by atoms with Gasteiger partial charge in [0, 0.05) is 0 Å². The van der Waals surface area contributed by atoms with Gasteiger partial charge in [-0.2, -0.15) is 0 Å². The number of hydrogen-bond acceptors (Lipinski definition) is 2. The number of epoxide rings is 2. The van der Waals surface area contributed by atoms with E-state index in [9.17, 15) is 0 Å². The Morgan fingerprint density at radius 3 is 0.967 bits per heavy atom. The molecule has 3 saturated carbocycles. The SMILES string of the molecule is CCC[C@H]1CC[C@H](C2OC2C2CCC([C@@H]3O[C@H]3[C@H]3CC[C@H](CCC)CC3)CC2)CC1. The van der Waals surface area contributed by atoms with Gasteiger partial charge in [0.2, 0.25) is 0 Å². The maximum absolute atomic E-state index is 6.32. The molecule has 0 aromatic carbocycles. The summed E-state index contributed by atoms with van der Waals surface area (Å²) in [6.07, 6.45) is 25.5. The Labute approximate surface area is 186 Å². The molecule has 0 amide bonds. The Kier molecular flexibility index (Phi) is 7.12. The summed E-state index contributed by atoms with van der Waals surface area (Å²) < 4.78 is 12.6. The minimum absolute atomic E-state index is 0.628. The fourth-order valence-corrected chi connectivity index (χ4v) is 8.02. The molecule has 5 fully saturated rings. The molecule has 5 rings (SSSR count). The third kappa shape index (κ3) is 4.95. The molecule has 2 saturated heterocycles. The molecular weight excluding hydrogens is 368 g/mol. The zero-order chi connectivity index (χ0) is 20.5. The summed E-state index contributed by atoms with van der Waals surface area (Å²) in [5, 5.41) is 0. The lowest BCUT2D eigenvalue weighted by molar-refractivity contribution is 0.188. The van der Waals surface area contributed by atoms with Gasteiger partial charge in [0.15, 0.2) is 0 Å². The highest BCUT2D eigenvalue weighted by Gasteiger charge is 2.53. The average molecular weight is 417 g/mol. The van der Waals surface area contributed by atoms with Gasteiger partial charge >= 0.3 is 0 Å². The zero-order valence-electron chi connectivity index (χ0n) is 19.9. The molecule has 30 heavy (non-hydrogen) atoms. The lowest BCUT2D eigenvalue weighted by atomic mass is 9.73. The lowest BCUT2D eigenvalue weighted by Gasteiger charge is -2.30. The quantitative estimate of drug-likeness (QED) is 0.382. The molecule has 2 unspecified atom stereocenters. The standard InChI is InChI=1S/C28H48O2/c1-3-5-19-7-11-21(12-8-19)25-27(29-25)23-15-17-24(18-16-23)28-26(30-28)22-13-9-20(6-4-2)10-14-22/h19-28H,3-18H2,1-2H3/t19-,20-,21-,22-,23?,24?,25-,26?,27-,28?/m0/s1. The molecular formula is C28H48O2. The fraction of sp³-hybridized carbons (Fsp3) is 1.00. The van der Waals surface area contributed by atoms with E-state index >= 15 is 0 Å². The molecule has 2 nitrogen and oxygen atoms in total. The average Bonchev–Trinajstić information content (AvgIpc) is 3.69. The van der Waals surface area contributed by atoms with Crippen LogP contribution in [-0.4, -0.2) is 24.4 Å². The van der Waals surface area contributed by atoms with Crippen LogP contribution in [0.15, 0.2) is 0 Å². The van der Waals surface area contributed by atoms with Gasteiger partial charge in [0.05, 0.1) is 24.4 Å². The zero-order valence-corrected chi connectivity index (χ0v) is 19.9. The van der Waals surface area contributed by atoms with Gasteiger partial charge in [0.25, 0.3) is 0 Å². The van der Waals surface area contributed by atoms with Gasteiger partial charge in [-0.3, -0.25) is 0 Å². The van der Waals surface area contributed by atoms with Gasteiger partial charge in [-0.25, -0.2) is 0 Å². The fourth-order valence-electron chi connectivity index (χ4n) is 8.02. The van der Waals surface area contributed by atoms with Gasteiger partial charge < -0.3 is 9.47 Å². The first-order valence-corrected chi connectivity index (χ1v) is 14.1. The summed E-state index contributed by atoms with van der Waals surface area (Å²) in [6, 6.07) is 0. The first-order chi connectivity index (χ1) is 14.8. The molecule has 2 heteroatoms. The first kappa shape index (κ1) is 21.7. The molecule has 3 aliphatic carbocycles. The Balaban J connectivity index is 0.997. The summed E-state index contributed by atoms with van der Waals surface area (Å²) >= 11 is 0. The number of ether oxygens (including phenoxy) is 2. The molecule has 4 atom stereocenters. The van der Waals surface area contributed by atoms with Crippen LogP contribution in [0, 0.1) is 35.5 Å². The summed E-state index contributed by atoms with van der Waals surface area (Å²) in [6.45, 7) is 4.69. The van der Waals surface area contributed by atoms with Crippen molar-refractivity contribution in [2.75, 3.05) is 0 Å². The van der Waals surface area contributed by atoms with E-state index in [1.807, 2.05) is 0 Å². The van der Waals surface area contributed by atoms with E-state index in [-0.39, 0.29) is 0 Å². The normalized spacial score (nSPS) is 49.0. The topological polar surface area (TPSA) is 25.1 Å². The van der Waals surface area contributed by atoms with E-state index in [2.05, 4.69) is 13.8 Å². The van der Waals surface area contributed by atoms with Crippen molar-refractivity contribution in [2.24, 2.45) is 35.5 Å². The van der Waals surface area contributed by atoms with E-state index in [0.29, 0.717) is 24.4 Å². The molecule has 5 aliphatic rings. The van der Waals surface area contributed by atoms with E-state index in [1.165, 1.54) is 103 Å². The molecule has 0 aromatic heterocycles. The monoisotopic (exact) mass is 416 g/mol. The van der Waals surface area contributed by atoms with Crippen LogP contribution < -0.4 is 0 Å². The van der Waals surface area contributed by atoms with Crippen molar-refractivity contribution in [1.29, 1.82) is 0 Å². The molecule has 0 N–H and O–H groups in total. The molecule has 0 bridgehead atoms. The van der Waals surface area contributed by atoms with Gasteiger partial charge in [-0.1, -0.05) is 65.2 Å². The van der Waals surface area contributed by atoms with Crippen LogP contribution in [0.3, 0.4) is 0 Å². The second-order valence-corrected chi connectivity index (χ2v) is 11.9. The smallest absolute Gasteiger partial charge is 0.0872 e. The summed E-state index contributed by atoms with van der Waals surface area (Å²) in [5.74, 6) is 5.54. The van der Waals surface area contributed by atoms with Crippen molar-refractivity contribution in [1.82, 2.24) is 0 Å². The number of rotatable bonds is 8. The predicted octanol–water partition coefficient (Wildman–Crippen LogP) is 7.54. The summed E-state index contributed by atoms with van der Waals surface area (Å²) in [7, 11) is 0. The van der Waals surface area contributed by atoms with Crippen LogP contribution in [0.25, 0.3) is 0 Å². The van der Waals surface area contributed by atoms with Crippen molar-refractivity contribution >= 4 is 0 Å². The molecule has 2 aliphatic heterocycles. The van der Waals surface area contributed by atoms with E-state index in [4.69, 9.17) is 9.47 Å². The maximum atomic E-state index is 6.32. The Morgan fingerprint density at radius 2 is 0.700 bits per heavy atom. The van der Waals surface area contributed by atoms with Crippen molar-refractivity contribution < 1.29 is 9.47 Å². The van der Waals surface area contributed by atoms with Crippen molar-refractivity contribution in [3.63, 3.8) is 0 Å². The summed E-state index contributed by atoms with van der Waals surface area (Å²) in [4.78, 5) is 0. The second-order valence-electron chi connectivity index (χ2n) is 11.9. The van der Waals surface area contributed by atoms with E-state index < -0.39 is 0 Å². The Hall–Kier alpha value is -0.0800. The number of hydrogen-bond donors (Lipinski definition) is 0. The van der Waals surface area contributed by atoms with E-state index in [0.717, 1.165) is 35.5 Å². The second kappa shape index (κ2) is 9.82.